The molecule has 0 aliphatic carbocycles. The molecule has 0 aliphatic rings. The fourth-order valence-corrected chi connectivity index (χ4v) is 12.3. The van der Waals surface area contributed by atoms with Crippen LogP contribution in [0.1, 0.15) is 158 Å². The number of nitrogens with zero attached hydrogens (tertiary/aromatic N) is 2. The van der Waals surface area contributed by atoms with Crippen LogP contribution in [0.25, 0.3) is 10.9 Å². The first kappa shape index (κ1) is 109. The maximum Gasteiger partial charge on any atom is 0.326 e. The summed E-state index contributed by atoms with van der Waals surface area (Å²) in [5.41, 5.74) is 44.2. The Hall–Kier alpha value is -13.9. The van der Waals surface area contributed by atoms with Gasteiger partial charge in [-0.2, -0.15) is 0 Å². The van der Waals surface area contributed by atoms with Crippen molar-refractivity contribution in [2.24, 2.45) is 79.5 Å². The summed E-state index contributed by atoms with van der Waals surface area (Å²) in [4.78, 5) is 291. The van der Waals surface area contributed by atoms with Crippen LogP contribution in [0, 0.1) is 23.7 Å². The molecule has 127 heavy (non-hydrogen) atoms. The van der Waals surface area contributed by atoms with Gasteiger partial charge in [0.2, 0.25) is 106 Å². The number of para-hydroxylation sites is 1. The summed E-state index contributed by atoms with van der Waals surface area (Å²) in [6.45, 7) is 11.4. The van der Waals surface area contributed by atoms with Crippen LogP contribution in [0.5, 0.6) is 0 Å². The number of carbonyl (C=O) groups excluding carboxylic acids is 18. The number of carboxylic acid groups (broad SMARTS) is 3. The first-order valence-electron chi connectivity index (χ1n) is 40.9. The minimum atomic E-state index is -2.15. The van der Waals surface area contributed by atoms with Gasteiger partial charge in [0.15, 0.2) is 11.9 Å². The third-order valence-electron chi connectivity index (χ3n) is 19.6. The van der Waals surface area contributed by atoms with Crippen LogP contribution in [-0.4, -0.2) is 268 Å². The number of primary amides is 3. The molecule has 0 spiro atoms. The molecule has 0 unspecified atom stereocenters. The second-order valence-electron chi connectivity index (χ2n) is 30.9. The van der Waals surface area contributed by atoms with E-state index in [1.807, 2.05) is 0 Å². The van der Waals surface area contributed by atoms with Gasteiger partial charge in [0, 0.05) is 49.5 Å². The summed E-state index contributed by atoms with van der Waals surface area (Å²) in [6, 6.07) is -14.7. The van der Waals surface area contributed by atoms with Crippen molar-refractivity contribution in [1.82, 2.24) is 84.7 Å². The lowest BCUT2D eigenvalue weighted by Crippen LogP contribution is -2.61. The van der Waals surface area contributed by atoms with Gasteiger partial charge in [0.1, 0.15) is 78.5 Å². The summed E-state index contributed by atoms with van der Waals surface area (Å²) in [5.74, 6) is -27.2. The lowest BCUT2D eigenvalue weighted by atomic mass is 9.96. The fourth-order valence-electron chi connectivity index (χ4n) is 12.3. The second kappa shape index (κ2) is 55.4. The number of carbonyl (C=O) groups is 21. The third kappa shape index (κ3) is 41.0. The fraction of sp³-hybridized carbons (Fsp3) is 0.597. The average Bonchev–Trinajstić information content (AvgIpc) is 1.12. The standard InChI is InChI=1S/C77H124N26O24/c1-10-37(7)61(102-63(114)39(9)91-68(119)47(26-35(3)4)97-66(117)45(21-23-53(80)105)95-65(116)43(18-14-24-86-76(82)83)93-56(108)34-90-72(123)60(36(5)6)101-67(118)44(20-22-52(79)104)92-55(107)31-78)73(124)99-48(27-40-32-88-42-17-13-12-16-41(40)42)64(115)89-33-57(109)94-50(29-58(110)111)70(121)98-51(30-59(112)113)71(122)103-62(38(8)11-2)74(125)100-49(28-54(81)106)69(120)96-46(75(126)127)19-15-25-87-77(84)85/h12-13,16-17,32,35-39,43-51,60-62,88H,10-11,14-15,18-31,33-34,78H2,1-9H3,(H2,79,104)(H2,80,105)(H2,81,106)(H,89,115)(H,90,123)(H,91,119)(H,92,107)(H,93,108)(H,94,109)(H,95,116)(H,96,120)(H,97,117)(H,98,121)(H,99,124)(H,100,125)(H,101,118)(H,102,114)(H,103,122)(H,110,111)(H,112,113)(H,126,127)(H4,82,83,86)(H4,84,85,87)/t37-,38-,39-,43-,44-,45-,46-,47-,48-,49-,50-,51-,60-,61-,62-/m0/s1. The van der Waals surface area contributed by atoms with E-state index in [1.54, 1.807) is 72.7 Å². The molecule has 1 heterocycles. The maximum absolute atomic E-state index is 14.7. The van der Waals surface area contributed by atoms with Crippen molar-refractivity contribution >= 4 is 147 Å². The molecular weight excluding hydrogens is 1670 g/mol. The van der Waals surface area contributed by atoms with Crippen LogP contribution in [0.15, 0.2) is 40.4 Å². The molecule has 1 aromatic heterocycles. The lowest BCUT2D eigenvalue weighted by molar-refractivity contribution is -0.143. The zero-order chi connectivity index (χ0) is 96.2. The Morgan fingerprint density at radius 1 is 0.394 bits per heavy atom. The number of aromatic amines is 1. The van der Waals surface area contributed by atoms with Crippen LogP contribution in [-0.2, 0) is 107 Å². The first-order valence-corrected chi connectivity index (χ1v) is 40.9. The summed E-state index contributed by atoms with van der Waals surface area (Å²) < 4.78 is 0. The minimum Gasteiger partial charge on any atom is -0.481 e. The first-order chi connectivity index (χ1) is 59.5. The summed E-state index contributed by atoms with van der Waals surface area (Å²) in [6.07, 6.45) is -3.95. The molecule has 0 aliphatic heterocycles. The van der Waals surface area contributed by atoms with Crippen molar-refractivity contribution in [3.8, 4) is 0 Å². The van der Waals surface area contributed by atoms with Gasteiger partial charge in [-0.1, -0.05) is 86.4 Å². The number of nitrogens with two attached hydrogens (primary N) is 8. The second-order valence-corrected chi connectivity index (χ2v) is 30.9. The highest BCUT2D eigenvalue weighted by molar-refractivity contribution is 6.02. The minimum absolute atomic E-state index is 0.0209. The van der Waals surface area contributed by atoms with E-state index in [-0.39, 0.29) is 95.1 Å². The van der Waals surface area contributed by atoms with E-state index in [0.717, 1.165) is 0 Å². The number of guanidine groups is 2. The van der Waals surface area contributed by atoms with Crippen molar-refractivity contribution < 1.29 is 116 Å². The number of amides is 18. The van der Waals surface area contributed by atoms with Crippen molar-refractivity contribution in [1.29, 1.82) is 0 Å². The van der Waals surface area contributed by atoms with E-state index in [9.17, 15) is 116 Å². The average molecular weight is 1800 g/mol. The molecule has 0 saturated heterocycles. The molecule has 0 bridgehead atoms. The predicted octanol–water partition coefficient (Wildman–Crippen LogP) is -9.43. The Labute approximate surface area is 730 Å². The van der Waals surface area contributed by atoms with Gasteiger partial charge in [-0.3, -0.25) is 106 Å². The smallest absolute Gasteiger partial charge is 0.326 e. The van der Waals surface area contributed by atoms with Crippen LogP contribution in [0.4, 0.5) is 0 Å². The molecule has 15 atom stereocenters. The van der Waals surface area contributed by atoms with E-state index in [0.29, 0.717) is 16.5 Å². The number of benzene rings is 1. The van der Waals surface area contributed by atoms with Crippen LogP contribution < -0.4 is 126 Å². The normalized spacial score (nSPS) is 14.6. The summed E-state index contributed by atoms with van der Waals surface area (Å²) in [7, 11) is 0. The summed E-state index contributed by atoms with van der Waals surface area (Å²) >= 11 is 0. The zero-order valence-electron chi connectivity index (χ0n) is 72.3. The van der Waals surface area contributed by atoms with E-state index >= 15 is 0 Å². The Morgan fingerprint density at radius 2 is 0.780 bits per heavy atom. The number of aliphatic carboxylic acids is 3. The van der Waals surface area contributed by atoms with E-state index in [1.165, 1.54) is 20.0 Å². The van der Waals surface area contributed by atoms with Crippen molar-refractivity contribution in [3.05, 3.63) is 36.0 Å². The van der Waals surface area contributed by atoms with Crippen LogP contribution >= 0.6 is 0 Å². The molecule has 1 aromatic carbocycles. The molecule has 2 rings (SSSR count). The van der Waals surface area contributed by atoms with Crippen LogP contribution in [0.3, 0.4) is 0 Å². The van der Waals surface area contributed by atoms with Gasteiger partial charge in [-0.15, -0.1) is 0 Å². The number of aliphatic imine (C=N–C) groups is 2. The summed E-state index contributed by atoms with van der Waals surface area (Å²) in [5, 5.41) is 65.8. The molecule has 706 valence electrons. The van der Waals surface area contributed by atoms with E-state index < -0.39 is 272 Å². The highest BCUT2D eigenvalue weighted by Gasteiger charge is 2.40. The highest BCUT2D eigenvalue weighted by atomic mass is 16.4. The Morgan fingerprint density at radius 3 is 1.25 bits per heavy atom. The number of nitrogens with one attached hydrogen (secondary N) is 16. The maximum atomic E-state index is 14.7. The number of H-pyrrole nitrogens is 1. The molecule has 2 aromatic rings. The Bertz CT molecular complexity index is 4280. The Balaban J connectivity index is 2.47. The Kier molecular flexibility index (Phi) is 47.6. The quantitative estimate of drug-likeness (QED) is 0.0166. The number of carboxylic acids is 3. The monoisotopic (exact) mass is 1800 g/mol. The van der Waals surface area contributed by atoms with Crippen molar-refractivity contribution in [2.45, 2.75) is 237 Å². The molecule has 18 amide bonds. The molecule has 35 N–H and O–H groups in total. The highest BCUT2D eigenvalue weighted by Crippen LogP contribution is 2.21. The molecule has 0 radical (unpaired) electrons. The van der Waals surface area contributed by atoms with Crippen molar-refractivity contribution in [3.63, 3.8) is 0 Å². The van der Waals surface area contributed by atoms with E-state index in [4.69, 9.17) is 45.9 Å². The van der Waals surface area contributed by atoms with Gasteiger partial charge < -0.3 is 146 Å². The van der Waals surface area contributed by atoms with Gasteiger partial charge in [0.25, 0.3) is 0 Å². The molecule has 0 saturated carbocycles. The van der Waals surface area contributed by atoms with Gasteiger partial charge in [0.05, 0.1) is 38.9 Å². The molecular formula is C77H124N26O24. The van der Waals surface area contributed by atoms with Gasteiger partial charge >= 0.3 is 17.9 Å². The van der Waals surface area contributed by atoms with E-state index in [2.05, 4.69) is 94.7 Å². The number of aromatic nitrogens is 1. The van der Waals surface area contributed by atoms with Gasteiger partial charge in [-0.05, 0) is 87.2 Å². The van der Waals surface area contributed by atoms with Gasteiger partial charge in [-0.25, -0.2) is 4.79 Å². The lowest BCUT2D eigenvalue weighted by Gasteiger charge is -2.29. The SMILES string of the molecule is CC[C@H](C)[C@H](NC(=O)[C@H](C)NC(=O)[C@H](CC(C)C)NC(=O)[C@H](CCC(N)=O)NC(=O)[C@H](CCCN=C(N)N)NC(=O)CNC(=O)[C@@H](NC(=O)[C@H](CCC(N)=O)NC(=O)CN)C(C)C)C(=O)N[C@@H](Cc1c[nH]c2ccccc12)C(=O)NCC(=O)N[C@@H](CC(=O)O)C(=O)N[C@@H](CC(=O)O)C(=O)N[C@H](C(=O)N[C@@H](CC(N)=O)C(=O)N[C@@H](CCCN=C(N)N)C(=O)O)[C@@H](C)CC. The number of hydrogen-bond donors (Lipinski definition) is 27. The topological polar surface area (TPSA) is 848 Å². The van der Waals surface area contributed by atoms with Crippen LogP contribution in [0.2, 0.25) is 0 Å². The molecule has 50 nitrogen and oxygen atoms in total. The number of rotatable bonds is 60. The third-order valence-corrected chi connectivity index (χ3v) is 19.6. The van der Waals surface area contributed by atoms with Crippen molar-refractivity contribution in [2.75, 3.05) is 32.7 Å². The largest absolute Gasteiger partial charge is 0.481 e. The molecule has 50 heteroatoms. The molecule has 0 fully saturated rings. The number of fused-ring (bicyclic) bond motifs is 1. The zero-order valence-corrected chi connectivity index (χ0v) is 72.3. The predicted molar refractivity (Wildman–Crippen MR) is 454 cm³/mol. The number of hydrogen-bond acceptors (Lipinski definition) is 24.